The first-order valence-electron chi connectivity index (χ1n) is 8.06. The molecular weight excluding hydrogens is 312 g/mol. The molecule has 0 unspecified atom stereocenters. The fraction of sp³-hybridized carbons (Fsp3) is 0.150. The molecule has 0 saturated carbocycles. The third kappa shape index (κ3) is 4.01. The van der Waals surface area contributed by atoms with Crippen molar-refractivity contribution in [2.45, 2.75) is 20.8 Å². The second-order valence-corrected chi connectivity index (χ2v) is 6.01. The van der Waals surface area contributed by atoms with Crippen molar-refractivity contribution in [2.75, 3.05) is 10.6 Å². The molecule has 25 heavy (non-hydrogen) atoms. The number of amides is 1. The molecule has 1 aromatic heterocycles. The molecule has 2 aromatic carbocycles. The summed E-state index contributed by atoms with van der Waals surface area (Å²) < 4.78 is 0. The van der Waals surface area contributed by atoms with E-state index < -0.39 is 0 Å². The van der Waals surface area contributed by atoms with E-state index in [1.54, 1.807) is 0 Å². The van der Waals surface area contributed by atoms with Gasteiger partial charge in [-0.2, -0.15) is 0 Å². The molecule has 0 radical (unpaired) electrons. The number of aromatic nitrogens is 2. The van der Waals surface area contributed by atoms with Crippen molar-refractivity contribution < 1.29 is 4.79 Å². The standard InChI is InChI=1S/C20H20N4O/c1-13-8-9-15(3)18(10-13)23-19(25)16-11-21-20(22-12-16)24-17-7-5-4-6-14(17)2/h4-12H,1-3H3,(H,23,25)(H,21,22,24). The molecule has 0 aliphatic heterocycles. The highest BCUT2D eigenvalue weighted by Gasteiger charge is 2.10. The lowest BCUT2D eigenvalue weighted by Crippen LogP contribution is -2.14. The highest BCUT2D eigenvalue weighted by atomic mass is 16.1. The minimum Gasteiger partial charge on any atom is -0.324 e. The number of carbonyl (C=O) groups is 1. The number of para-hydroxylation sites is 1. The van der Waals surface area contributed by atoms with E-state index in [0.717, 1.165) is 28.1 Å². The molecule has 3 aromatic rings. The molecular formula is C20H20N4O. The molecule has 2 N–H and O–H groups in total. The average Bonchev–Trinajstić information content (AvgIpc) is 2.61. The van der Waals surface area contributed by atoms with Crippen molar-refractivity contribution in [3.63, 3.8) is 0 Å². The third-order valence-electron chi connectivity index (χ3n) is 3.95. The molecule has 1 heterocycles. The van der Waals surface area contributed by atoms with Gasteiger partial charge in [0.25, 0.3) is 5.91 Å². The quantitative estimate of drug-likeness (QED) is 0.743. The highest BCUT2D eigenvalue weighted by molar-refractivity contribution is 6.04. The Kier molecular flexibility index (Phi) is 4.75. The van der Waals surface area contributed by atoms with Crippen molar-refractivity contribution in [3.05, 3.63) is 77.1 Å². The van der Waals surface area contributed by atoms with Gasteiger partial charge in [-0.05, 0) is 49.6 Å². The van der Waals surface area contributed by atoms with Crippen LogP contribution in [0.5, 0.6) is 0 Å². The lowest BCUT2D eigenvalue weighted by molar-refractivity contribution is 0.102. The highest BCUT2D eigenvalue weighted by Crippen LogP contribution is 2.19. The van der Waals surface area contributed by atoms with Crippen LogP contribution in [0, 0.1) is 20.8 Å². The molecule has 5 heteroatoms. The molecule has 0 saturated heterocycles. The average molecular weight is 332 g/mol. The maximum absolute atomic E-state index is 12.4. The Morgan fingerprint density at radius 2 is 1.56 bits per heavy atom. The smallest absolute Gasteiger partial charge is 0.258 e. The Balaban J connectivity index is 1.72. The molecule has 3 rings (SSSR count). The van der Waals surface area contributed by atoms with E-state index in [1.807, 2.05) is 63.2 Å². The van der Waals surface area contributed by atoms with E-state index in [-0.39, 0.29) is 5.91 Å². The molecule has 1 amide bonds. The number of aryl methyl sites for hydroxylation is 3. The lowest BCUT2D eigenvalue weighted by Gasteiger charge is -2.10. The first-order chi connectivity index (χ1) is 12.0. The van der Waals surface area contributed by atoms with Crippen LogP contribution in [0.25, 0.3) is 0 Å². The van der Waals surface area contributed by atoms with Crippen LogP contribution in [-0.4, -0.2) is 15.9 Å². The number of anilines is 3. The molecule has 0 bridgehead atoms. The maximum atomic E-state index is 12.4. The Labute approximate surface area is 147 Å². The van der Waals surface area contributed by atoms with Gasteiger partial charge in [-0.25, -0.2) is 9.97 Å². The van der Waals surface area contributed by atoms with Gasteiger partial charge in [0.2, 0.25) is 5.95 Å². The number of hydrogen-bond acceptors (Lipinski definition) is 4. The van der Waals surface area contributed by atoms with Gasteiger partial charge in [0.1, 0.15) is 0 Å². The number of rotatable bonds is 4. The lowest BCUT2D eigenvalue weighted by atomic mass is 10.1. The predicted octanol–water partition coefficient (Wildman–Crippen LogP) is 4.40. The zero-order chi connectivity index (χ0) is 17.8. The Morgan fingerprint density at radius 3 is 2.28 bits per heavy atom. The first-order valence-corrected chi connectivity index (χ1v) is 8.06. The van der Waals surface area contributed by atoms with Crippen molar-refractivity contribution in [2.24, 2.45) is 0 Å². The van der Waals surface area contributed by atoms with Crippen LogP contribution in [0.15, 0.2) is 54.9 Å². The van der Waals surface area contributed by atoms with Gasteiger partial charge in [0, 0.05) is 23.8 Å². The van der Waals surface area contributed by atoms with Gasteiger partial charge >= 0.3 is 0 Å². The fourth-order valence-corrected chi connectivity index (χ4v) is 2.41. The molecule has 126 valence electrons. The van der Waals surface area contributed by atoms with Crippen LogP contribution < -0.4 is 10.6 Å². The summed E-state index contributed by atoms with van der Waals surface area (Å²) in [6.07, 6.45) is 3.04. The second kappa shape index (κ2) is 7.13. The Bertz CT molecular complexity index is 904. The topological polar surface area (TPSA) is 66.9 Å². The molecule has 0 aliphatic rings. The molecule has 0 spiro atoms. The normalized spacial score (nSPS) is 10.4. The van der Waals surface area contributed by atoms with Crippen molar-refractivity contribution in [3.8, 4) is 0 Å². The minimum absolute atomic E-state index is 0.226. The second-order valence-electron chi connectivity index (χ2n) is 6.01. The molecule has 0 atom stereocenters. The van der Waals surface area contributed by atoms with Crippen molar-refractivity contribution in [1.29, 1.82) is 0 Å². The van der Waals surface area contributed by atoms with Crippen LogP contribution in [-0.2, 0) is 0 Å². The molecule has 0 aliphatic carbocycles. The number of carbonyl (C=O) groups excluding carboxylic acids is 1. The zero-order valence-electron chi connectivity index (χ0n) is 14.5. The van der Waals surface area contributed by atoms with Crippen LogP contribution in [0.4, 0.5) is 17.3 Å². The van der Waals surface area contributed by atoms with E-state index in [2.05, 4.69) is 20.6 Å². The van der Waals surface area contributed by atoms with Gasteiger partial charge in [-0.15, -0.1) is 0 Å². The van der Waals surface area contributed by atoms with Gasteiger partial charge in [-0.1, -0.05) is 30.3 Å². The van der Waals surface area contributed by atoms with Crippen LogP contribution in [0.3, 0.4) is 0 Å². The molecule has 5 nitrogen and oxygen atoms in total. The number of hydrogen-bond donors (Lipinski definition) is 2. The number of nitrogens with zero attached hydrogens (tertiary/aromatic N) is 2. The monoisotopic (exact) mass is 332 g/mol. The van der Waals surface area contributed by atoms with Gasteiger partial charge in [-0.3, -0.25) is 4.79 Å². The van der Waals surface area contributed by atoms with Crippen LogP contribution in [0.1, 0.15) is 27.0 Å². The Hall–Kier alpha value is -3.21. The van der Waals surface area contributed by atoms with E-state index in [9.17, 15) is 4.79 Å². The summed E-state index contributed by atoms with van der Waals surface area (Å²) in [6, 6.07) is 13.8. The predicted molar refractivity (Wildman–Crippen MR) is 100 cm³/mol. The van der Waals surface area contributed by atoms with E-state index in [1.165, 1.54) is 12.4 Å². The van der Waals surface area contributed by atoms with Crippen LogP contribution >= 0.6 is 0 Å². The summed E-state index contributed by atoms with van der Waals surface area (Å²) in [6.45, 7) is 5.96. The van der Waals surface area contributed by atoms with E-state index >= 15 is 0 Å². The summed E-state index contributed by atoms with van der Waals surface area (Å²) >= 11 is 0. The molecule has 0 fully saturated rings. The van der Waals surface area contributed by atoms with Crippen LogP contribution in [0.2, 0.25) is 0 Å². The fourth-order valence-electron chi connectivity index (χ4n) is 2.41. The minimum atomic E-state index is -0.226. The number of benzene rings is 2. The zero-order valence-corrected chi connectivity index (χ0v) is 14.5. The summed E-state index contributed by atoms with van der Waals surface area (Å²) in [7, 11) is 0. The first kappa shape index (κ1) is 16.6. The van der Waals surface area contributed by atoms with Gasteiger partial charge in [0.15, 0.2) is 0 Å². The van der Waals surface area contributed by atoms with Gasteiger partial charge in [0.05, 0.1) is 5.56 Å². The van der Waals surface area contributed by atoms with Crippen molar-refractivity contribution >= 4 is 23.2 Å². The SMILES string of the molecule is Cc1ccc(C)c(NC(=O)c2cnc(Nc3ccccc3C)nc2)c1. The summed E-state index contributed by atoms with van der Waals surface area (Å²) in [5, 5.41) is 6.06. The maximum Gasteiger partial charge on any atom is 0.258 e. The van der Waals surface area contributed by atoms with Crippen molar-refractivity contribution in [1.82, 2.24) is 9.97 Å². The number of nitrogens with one attached hydrogen (secondary N) is 2. The third-order valence-corrected chi connectivity index (χ3v) is 3.95. The van der Waals surface area contributed by atoms with Gasteiger partial charge < -0.3 is 10.6 Å². The summed E-state index contributed by atoms with van der Waals surface area (Å²) in [4.78, 5) is 20.9. The Morgan fingerprint density at radius 1 is 0.880 bits per heavy atom. The van der Waals surface area contributed by atoms with E-state index in [4.69, 9.17) is 0 Å². The summed E-state index contributed by atoms with van der Waals surface area (Å²) in [5.74, 6) is 0.230. The van der Waals surface area contributed by atoms with E-state index in [0.29, 0.717) is 11.5 Å². The summed E-state index contributed by atoms with van der Waals surface area (Å²) in [5.41, 5.74) is 5.36. The largest absolute Gasteiger partial charge is 0.324 e.